The molecule has 1 heterocycles. The first kappa shape index (κ1) is 19.0. The second kappa shape index (κ2) is 7.87. The van der Waals surface area contributed by atoms with Crippen LogP contribution < -0.4 is 30.6 Å². The Labute approximate surface area is 160 Å². The molecule has 1 aliphatic rings. The summed E-state index contributed by atoms with van der Waals surface area (Å²) in [6.07, 6.45) is -0.573. The van der Waals surface area contributed by atoms with Crippen LogP contribution in [0.2, 0.25) is 0 Å². The molecule has 3 amide bonds. The largest absolute Gasteiger partial charge is 0.493 e. The number of ether oxygens (including phenoxy) is 3. The van der Waals surface area contributed by atoms with Crippen molar-refractivity contribution < 1.29 is 28.6 Å². The zero-order valence-corrected chi connectivity index (χ0v) is 15.3. The minimum Gasteiger partial charge on any atom is -0.493 e. The quantitative estimate of drug-likeness (QED) is 0.692. The summed E-state index contributed by atoms with van der Waals surface area (Å²) in [5.41, 5.74) is 6.33. The fraction of sp³-hybridized carbons (Fsp3) is 0.211. The Morgan fingerprint density at radius 2 is 2.00 bits per heavy atom. The van der Waals surface area contributed by atoms with Crippen LogP contribution in [0.4, 0.5) is 11.4 Å². The lowest BCUT2D eigenvalue weighted by atomic mass is 10.1. The fourth-order valence-corrected chi connectivity index (χ4v) is 2.57. The molecule has 2 aromatic carbocycles. The molecule has 0 aromatic heterocycles. The summed E-state index contributed by atoms with van der Waals surface area (Å²) in [7, 11) is 1.42. The molecule has 0 saturated carbocycles. The van der Waals surface area contributed by atoms with Gasteiger partial charge in [0.1, 0.15) is 5.75 Å². The lowest BCUT2D eigenvalue weighted by Gasteiger charge is -2.23. The number of hydrogen-bond donors (Lipinski definition) is 3. The number of amides is 3. The van der Waals surface area contributed by atoms with Crippen molar-refractivity contribution in [2.45, 2.75) is 13.0 Å². The number of nitrogens with one attached hydrogen (secondary N) is 2. The van der Waals surface area contributed by atoms with E-state index >= 15 is 0 Å². The van der Waals surface area contributed by atoms with E-state index in [1.807, 2.05) is 0 Å². The Morgan fingerprint density at radius 1 is 1.21 bits per heavy atom. The Bertz CT molecular complexity index is 943. The second-order valence-electron chi connectivity index (χ2n) is 6.04. The van der Waals surface area contributed by atoms with Gasteiger partial charge in [-0.1, -0.05) is 0 Å². The molecular weight excluding hydrogens is 366 g/mol. The van der Waals surface area contributed by atoms with Crippen molar-refractivity contribution >= 4 is 29.1 Å². The number of fused-ring (bicyclic) bond motifs is 1. The minimum atomic E-state index is -0.623. The van der Waals surface area contributed by atoms with Gasteiger partial charge in [0.2, 0.25) is 0 Å². The first-order valence-corrected chi connectivity index (χ1v) is 8.39. The van der Waals surface area contributed by atoms with E-state index in [4.69, 9.17) is 19.9 Å². The number of benzene rings is 2. The predicted molar refractivity (Wildman–Crippen MR) is 101 cm³/mol. The van der Waals surface area contributed by atoms with E-state index in [1.54, 1.807) is 25.1 Å². The van der Waals surface area contributed by atoms with E-state index in [0.717, 1.165) is 0 Å². The lowest BCUT2D eigenvalue weighted by Crippen LogP contribution is -2.34. The first-order valence-electron chi connectivity index (χ1n) is 8.39. The molecule has 1 aliphatic heterocycles. The van der Waals surface area contributed by atoms with Crippen molar-refractivity contribution in [3.05, 3.63) is 42.0 Å². The molecule has 9 nitrogen and oxygen atoms in total. The topological polar surface area (TPSA) is 129 Å². The van der Waals surface area contributed by atoms with Crippen LogP contribution in [-0.2, 0) is 9.59 Å². The van der Waals surface area contributed by atoms with Gasteiger partial charge in [-0.05, 0) is 43.3 Å². The van der Waals surface area contributed by atoms with Crippen LogP contribution in [0, 0.1) is 0 Å². The highest BCUT2D eigenvalue weighted by Crippen LogP contribution is 2.33. The van der Waals surface area contributed by atoms with E-state index in [0.29, 0.717) is 28.4 Å². The molecule has 0 fully saturated rings. The third-order valence-electron chi connectivity index (χ3n) is 3.96. The number of hydrogen-bond acceptors (Lipinski definition) is 6. The van der Waals surface area contributed by atoms with Crippen LogP contribution in [0.25, 0.3) is 0 Å². The van der Waals surface area contributed by atoms with Crippen molar-refractivity contribution in [3.63, 3.8) is 0 Å². The molecule has 3 rings (SSSR count). The molecule has 0 spiro atoms. The minimum absolute atomic E-state index is 0.257. The van der Waals surface area contributed by atoms with Crippen LogP contribution in [0.3, 0.4) is 0 Å². The van der Waals surface area contributed by atoms with Gasteiger partial charge in [0.25, 0.3) is 17.7 Å². The average molecular weight is 385 g/mol. The predicted octanol–water partition coefficient (Wildman–Crippen LogP) is 1.53. The first-order chi connectivity index (χ1) is 13.4. The molecule has 0 saturated heterocycles. The Kier molecular flexibility index (Phi) is 5.35. The molecule has 146 valence electrons. The molecule has 0 aliphatic carbocycles. The summed E-state index contributed by atoms with van der Waals surface area (Å²) in [5, 5.41) is 5.46. The monoisotopic (exact) mass is 385 g/mol. The molecule has 0 bridgehead atoms. The second-order valence-corrected chi connectivity index (χ2v) is 6.04. The van der Waals surface area contributed by atoms with Crippen molar-refractivity contribution in [1.82, 2.24) is 0 Å². The summed E-state index contributed by atoms with van der Waals surface area (Å²) in [6.45, 7) is 1.35. The summed E-state index contributed by atoms with van der Waals surface area (Å²) in [5.74, 6) is -0.164. The van der Waals surface area contributed by atoms with Crippen LogP contribution in [0.1, 0.15) is 17.3 Å². The third-order valence-corrected chi connectivity index (χ3v) is 3.96. The maximum atomic E-state index is 12.5. The summed E-state index contributed by atoms with van der Waals surface area (Å²) < 4.78 is 15.9. The highest BCUT2D eigenvalue weighted by Gasteiger charge is 2.23. The van der Waals surface area contributed by atoms with Gasteiger partial charge in [-0.25, -0.2) is 0 Å². The van der Waals surface area contributed by atoms with Gasteiger partial charge in [0.15, 0.2) is 24.2 Å². The Balaban J connectivity index is 1.75. The van der Waals surface area contributed by atoms with Gasteiger partial charge in [-0.2, -0.15) is 0 Å². The molecule has 0 unspecified atom stereocenters. The van der Waals surface area contributed by atoms with Crippen LogP contribution >= 0.6 is 0 Å². The highest BCUT2D eigenvalue weighted by molar-refractivity contribution is 6.05. The van der Waals surface area contributed by atoms with E-state index in [2.05, 4.69) is 10.6 Å². The Morgan fingerprint density at radius 3 is 2.71 bits per heavy atom. The molecule has 2 aromatic rings. The number of carbonyl (C=O) groups excluding carboxylic acids is 3. The molecule has 28 heavy (non-hydrogen) atoms. The smallest absolute Gasteiger partial charge is 0.265 e. The summed E-state index contributed by atoms with van der Waals surface area (Å²) in [6, 6.07) is 9.47. The molecule has 0 radical (unpaired) electrons. The Hall–Kier alpha value is -3.75. The van der Waals surface area contributed by atoms with Gasteiger partial charge >= 0.3 is 0 Å². The molecular formula is C19H19N3O6. The SMILES string of the molecule is COc1cc(C(=O)Nc2ccc3c(c2)NC(=O)[C@@H](C)O3)ccc1OCC(N)=O. The molecule has 1 atom stereocenters. The van der Waals surface area contributed by atoms with Crippen molar-refractivity contribution in [2.75, 3.05) is 24.4 Å². The standard InChI is InChI=1S/C19H19N3O6/c1-10-18(24)22-13-8-12(4-6-14(13)28-10)21-19(25)11-3-5-15(16(7-11)26-2)27-9-17(20)23/h3-8,10H,9H2,1-2H3,(H2,20,23)(H,21,25)(H,22,24)/t10-/m1/s1. The van der Waals surface area contributed by atoms with Crippen molar-refractivity contribution in [3.8, 4) is 17.2 Å². The number of methoxy groups -OCH3 is 1. The van der Waals surface area contributed by atoms with Gasteiger partial charge < -0.3 is 30.6 Å². The van der Waals surface area contributed by atoms with Gasteiger partial charge in [0, 0.05) is 11.3 Å². The normalized spacial score (nSPS) is 14.9. The van der Waals surface area contributed by atoms with E-state index in [-0.39, 0.29) is 18.3 Å². The third kappa shape index (κ3) is 4.14. The van der Waals surface area contributed by atoms with Crippen molar-refractivity contribution in [2.24, 2.45) is 5.73 Å². The number of carbonyl (C=O) groups is 3. The average Bonchev–Trinajstić information content (AvgIpc) is 2.67. The van der Waals surface area contributed by atoms with Gasteiger partial charge in [0.05, 0.1) is 12.8 Å². The number of anilines is 2. The zero-order valence-electron chi connectivity index (χ0n) is 15.3. The number of primary amides is 1. The maximum absolute atomic E-state index is 12.5. The van der Waals surface area contributed by atoms with Crippen LogP contribution in [0.5, 0.6) is 17.2 Å². The number of nitrogens with two attached hydrogens (primary N) is 1. The highest BCUT2D eigenvalue weighted by atomic mass is 16.5. The fourth-order valence-electron chi connectivity index (χ4n) is 2.57. The van der Waals surface area contributed by atoms with E-state index < -0.39 is 17.9 Å². The number of rotatable bonds is 6. The zero-order chi connectivity index (χ0) is 20.3. The van der Waals surface area contributed by atoms with Crippen LogP contribution in [-0.4, -0.2) is 37.5 Å². The summed E-state index contributed by atoms with van der Waals surface area (Å²) >= 11 is 0. The summed E-state index contributed by atoms with van der Waals surface area (Å²) in [4.78, 5) is 35.1. The van der Waals surface area contributed by atoms with E-state index in [9.17, 15) is 14.4 Å². The molecule has 4 N–H and O–H groups in total. The van der Waals surface area contributed by atoms with Gasteiger partial charge in [-0.15, -0.1) is 0 Å². The van der Waals surface area contributed by atoms with E-state index in [1.165, 1.54) is 25.3 Å². The lowest BCUT2D eigenvalue weighted by molar-refractivity contribution is -0.122. The van der Waals surface area contributed by atoms with Crippen LogP contribution in [0.15, 0.2) is 36.4 Å². The maximum Gasteiger partial charge on any atom is 0.265 e. The van der Waals surface area contributed by atoms with Crippen molar-refractivity contribution in [1.29, 1.82) is 0 Å². The molecule has 9 heteroatoms. The van der Waals surface area contributed by atoms with Gasteiger partial charge in [-0.3, -0.25) is 14.4 Å².